The molecule has 2 saturated heterocycles. The fourth-order valence-electron chi connectivity index (χ4n) is 14.4. The molecule has 6 amide bonds. The molecule has 2 fully saturated rings. The smallest absolute Gasteiger partial charge is 0.340 e. The summed E-state index contributed by atoms with van der Waals surface area (Å²) in [4.78, 5) is 165. The maximum absolute atomic E-state index is 14.0. The van der Waals surface area contributed by atoms with Gasteiger partial charge < -0.3 is 87.7 Å². The molecule has 0 bridgehead atoms. The summed E-state index contributed by atoms with van der Waals surface area (Å²) < 4.78 is 19.0. The van der Waals surface area contributed by atoms with Crippen LogP contribution in [0.5, 0.6) is 23.0 Å². The zero-order valence-corrected chi connectivity index (χ0v) is 62.1. The van der Waals surface area contributed by atoms with Gasteiger partial charge in [-0.25, -0.2) is 4.79 Å². The molecule has 5 aliphatic rings. The number of benzene rings is 6. The first-order valence-electron chi connectivity index (χ1n) is 36.7. The molecule has 11 rings (SSSR count). The molecule has 28 nitrogen and oxygen atoms in total. The summed E-state index contributed by atoms with van der Waals surface area (Å²) >= 11 is 0. The highest BCUT2D eigenvalue weighted by Gasteiger charge is 2.54. The van der Waals surface area contributed by atoms with Gasteiger partial charge >= 0.3 is 5.97 Å². The summed E-state index contributed by atoms with van der Waals surface area (Å²) in [6, 6.07) is 29.6. The number of guanidine groups is 2. The number of esters is 1. The third-order valence-electron chi connectivity index (χ3n) is 19.8. The minimum atomic E-state index is -1.35. The fourth-order valence-corrected chi connectivity index (χ4v) is 14.4. The topological polar surface area (TPSA) is 439 Å². The molecule has 576 valence electrons. The van der Waals surface area contributed by atoms with Crippen molar-refractivity contribution in [3.63, 3.8) is 0 Å². The molecule has 0 saturated carbocycles. The second-order valence-electron chi connectivity index (χ2n) is 28.6. The van der Waals surface area contributed by atoms with Crippen LogP contribution in [0.15, 0.2) is 131 Å². The van der Waals surface area contributed by atoms with Crippen LogP contribution in [0.3, 0.4) is 0 Å². The summed E-state index contributed by atoms with van der Waals surface area (Å²) in [5.74, 6) is -3.60. The zero-order chi connectivity index (χ0) is 79.3. The Bertz CT molecular complexity index is 4810. The highest BCUT2D eigenvalue weighted by Crippen LogP contribution is 2.56. The van der Waals surface area contributed by atoms with Crippen LogP contribution >= 0.6 is 0 Å². The predicted molar refractivity (Wildman–Crippen MR) is 405 cm³/mol. The van der Waals surface area contributed by atoms with Gasteiger partial charge in [-0.3, -0.25) is 48.3 Å². The summed E-state index contributed by atoms with van der Waals surface area (Å²) in [6.45, 7) is 11.3. The quantitative estimate of drug-likeness (QED) is 0.0110. The molecule has 0 aliphatic carbocycles. The number of amides is 6. The molecule has 0 aromatic heterocycles. The molecule has 6 aromatic carbocycles. The lowest BCUT2D eigenvalue weighted by molar-refractivity contribution is -0.255. The van der Waals surface area contributed by atoms with Crippen LogP contribution in [0.2, 0.25) is 0 Å². The molecular formula is C82H91N12O16-. The van der Waals surface area contributed by atoms with Crippen LogP contribution in [0.4, 0.5) is 0 Å². The summed E-state index contributed by atoms with van der Waals surface area (Å²) in [6.07, 6.45) is 5.99. The summed E-state index contributed by atoms with van der Waals surface area (Å²) in [5, 5.41) is 24.3. The first kappa shape index (κ1) is 80.2. The van der Waals surface area contributed by atoms with E-state index >= 15 is 0 Å². The van der Waals surface area contributed by atoms with Gasteiger partial charge in [0.2, 0.25) is 35.4 Å². The number of hydrogen-bond donors (Lipinski definition) is 8. The van der Waals surface area contributed by atoms with Crippen molar-refractivity contribution < 1.29 is 76.9 Å². The molecule has 1 unspecified atom stereocenters. The van der Waals surface area contributed by atoms with Gasteiger partial charge in [0, 0.05) is 83.7 Å². The van der Waals surface area contributed by atoms with Crippen LogP contribution in [-0.2, 0) is 77.5 Å². The average molecular weight is 1500 g/mol. The number of carboxylic acid groups (broad SMARTS) is 1. The minimum absolute atomic E-state index is 0.0177. The third-order valence-corrected chi connectivity index (χ3v) is 19.8. The zero-order valence-electron chi connectivity index (χ0n) is 62.1. The van der Waals surface area contributed by atoms with Crippen LogP contribution in [0.25, 0.3) is 11.6 Å². The Kier molecular flexibility index (Phi) is 25.9. The fraction of sp³-hybridized carbons (Fsp3) is 0.366. The number of nitrogens with two attached hydrogens (primary N) is 4. The molecule has 5 aliphatic heterocycles. The lowest BCUT2D eigenvalue weighted by atomic mass is 9.77. The number of likely N-dealkylation sites (tertiary alicyclic amines) is 2. The Morgan fingerprint density at radius 1 is 0.564 bits per heavy atom. The Morgan fingerprint density at radius 2 is 1.05 bits per heavy atom. The van der Waals surface area contributed by atoms with Gasteiger partial charge in [-0.05, 0) is 141 Å². The van der Waals surface area contributed by atoms with E-state index in [1.165, 1.54) is 35.8 Å². The van der Waals surface area contributed by atoms with Gasteiger partial charge in [0.25, 0.3) is 0 Å². The van der Waals surface area contributed by atoms with Gasteiger partial charge in [-0.1, -0.05) is 113 Å². The second kappa shape index (κ2) is 35.6. The molecule has 12 N–H and O–H groups in total. The highest BCUT2D eigenvalue weighted by molar-refractivity contribution is 6.06. The third kappa shape index (κ3) is 18.6. The molecule has 5 heterocycles. The number of hydrogen-bond acceptors (Lipinski definition) is 18. The number of ether oxygens (including phenoxy) is 3. The van der Waals surface area contributed by atoms with E-state index in [9.17, 15) is 62.6 Å². The van der Waals surface area contributed by atoms with E-state index in [-0.39, 0.29) is 86.1 Å². The Hall–Kier alpha value is -12.4. The normalized spacial score (nSPS) is 17.4. The number of ketones is 2. The predicted octanol–water partition coefficient (Wildman–Crippen LogP) is 2.98. The van der Waals surface area contributed by atoms with Gasteiger partial charge in [0.05, 0.1) is 30.0 Å². The van der Waals surface area contributed by atoms with Crippen molar-refractivity contribution in [3.05, 3.63) is 187 Å². The molecule has 1 spiro atoms. The van der Waals surface area contributed by atoms with Gasteiger partial charge in [0.15, 0.2) is 17.5 Å². The average Bonchev–Trinajstić information content (AvgIpc) is 1.50. The SMILES string of the molecule is CC(=O)Cc1ccc2c(c1)Oc1c/c(=C/C(=O)N[C@@H](CCCN=C(N)N)C(=O)N3CCC[C@H]3C(=O)N[C@H](C=O)C(C)C)ccc1=C2c1ccccc1C(=O)[O-].CC(=O)Cc1ccc2c(c1)Oc1cc(CC(=O)N[C@@H](CCCN=C(N)N)C(=O)N3CCC[C@H]3C(=O)N[C@H](C=O)C(C)C)ccc1C21OC(=O)c2ccccc21. The number of rotatable bonds is 29. The van der Waals surface area contributed by atoms with E-state index in [1.54, 1.807) is 91.0 Å². The van der Waals surface area contributed by atoms with E-state index in [0.717, 1.165) is 5.56 Å². The standard InChI is InChI=1S/2C41H46N6O8/c1-23(2)32(22-48)46-37(51)33-11-7-17-47(33)38(52)31(10-6-16-44-40(42)43)45-36(50)21-26-13-15-30-35(20-26)54-34-19-25(18-24(3)49)12-14-29(34)41(30)28-9-5-4-8-27(28)39(53)55-41;1-23(2)32(22-48)46-38(51)33-11-7-17-47(33)39(52)31(10-6-16-44-41(42)43)45-36(50)21-26-13-15-30-35(20-26)55-34-19-25(18-24(3)49)12-14-29(34)37(30)27-8-4-5-9-28(27)40(53)54/h4-5,8-9,12-15,19-20,22-23,31-33H,6-7,10-11,16-18,21H2,1-3H3,(H,45,50)(H,46,51)(H4,42,43,44);4-5,8-9,12-15,19-23,31-33H,6-7,10-11,16-18H2,1-3H3,(H,45,50)(H,46,51)(H,53,54)(H4,42,43,44)/p-1/b;26-21+/t31-,32+,33-,41?;31-,32+,33-/m00/s1. The first-order valence-corrected chi connectivity index (χ1v) is 36.7. The maximum atomic E-state index is 14.0. The van der Waals surface area contributed by atoms with Gasteiger partial charge in [-0.15, -0.1) is 0 Å². The molecule has 7 atom stereocenters. The monoisotopic (exact) mass is 1500 g/mol. The number of aliphatic imine (C=N–C) groups is 2. The number of carboxylic acids is 1. The number of fused-ring (bicyclic) bond motifs is 8. The Morgan fingerprint density at radius 3 is 1.57 bits per heavy atom. The maximum Gasteiger partial charge on any atom is 0.340 e. The number of carbonyl (C=O) groups excluding carboxylic acids is 12. The number of Topliss-reactive ketones (excluding diaryl/α,β-unsaturated/α-hetero) is 2. The van der Waals surface area contributed by atoms with E-state index in [4.69, 9.17) is 37.1 Å². The number of aromatic carboxylic acids is 1. The van der Waals surface area contributed by atoms with Crippen molar-refractivity contribution in [1.82, 2.24) is 31.1 Å². The van der Waals surface area contributed by atoms with Crippen LogP contribution in [0.1, 0.15) is 158 Å². The van der Waals surface area contributed by atoms with Crippen molar-refractivity contribution >= 4 is 95.1 Å². The van der Waals surface area contributed by atoms with E-state index in [2.05, 4.69) is 31.3 Å². The van der Waals surface area contributed by atoms with E-state index in [1.807, 2.05) is 52.0 Å². The first-order chi connectivity index (χ1) is 52.6. The van der Waals surface area contributed by atoms with Crippen LogP contribution in [0, 0.1) is 11.8 Å². The summed E-state index contributed by atoms with van der Waals surface area (Å²) in [5.41, 5.74) is 26.5. The van der Waals surface area contributed by atoms with Crippen molar-refractivity contribution in [2.45, 2.75) is 154 Å². The van der Waals surface area contributed by atoms with Crippen molar-refractivity contribution in [2.75, 3.05) is 26.2 Å². The van der Waals surface area contributed by atoms with Crippen molar-refractivity contribution in [1.29, 1.82) is 0 Å². The largest absolute Gasteiger partial charge is 0.545 e. The Balaban J connectivity index is 0.000000234. The molecular weight excluding hydrogens is 1410 g/mol. The molecule has 6 aromatic rings. The van der Waals surface area contributed by atoms with E-state index < -0.39 is 89.2 Å². The van der Waals surface area contributed by atoms with E-state index in [0.29, 0.717) is 148 Å². The van der Waals surface area contributed by atoms with Crippen molar-refractivity contribution in [3.8, 4) is 23.0 Å². The van der Waals surface area contributed by atoms with Gasteiger partial charge in [-0.2, -0.15) is 0 Å². The second-order valence-corrected chi connectivity index (χ2v) is 28.6. The Labute approximate surface area is 635 Å². The summed E-state index contributed by atoms with van der Waals surface area (Å²) in [7, 11) is 0. The number of carbonyl (C=O) groups is 12. The molecule has 0 radical (unpaired) electrons. The molecule has 110 heavy (non-hydrogen) atoms. The van der Waals surface area contributed by atoms with Crippen molar-refractivity contribution in [2.24, 2.45) is 44.8 Å². The number of aldehydes is 2. The van der Waals surface area contributed by atoms with Crippen LogP contribution in [-0.4, -0.2) is 156 Å². The highest BCUT2D eigenvalue weighted by atomic mass is 16.6. The molecule has 28 heteroatoms. The lowest BCUT2D eigenvalue weighted by Gasteiger charge is -2.37. The van der Waals surface area contributed by atoms with Crippen LogP contribution < -0.4 is 69.2 Å². The van der Waals surface area contributed by atoms with Gasteiger partial charge in [0.1, 0.15) is 71.3 Å². The lowest BCUT2D eigenvalue weighted by Crippen LogP contribution is -2.55. The number of nitrogens with one attached hydrogen (secondary N) is 4. The number of nitrogens with zero attached hydrogens (tertiary/aromatic N) is 4. The minimum Gasteiger partial charge on any atom is -0.545 e.